The Morgan fingerprint density at radius 2 is 2.20 bits per heavy atom. The first-order chi connectivity index (χ1) is 12.2. The predicted octanol–water partition coefficient (Wildman–Crippen LogP) is 2.87. The number of aromatic nitrogens is 3. The first kappa shape index (κ1) is 15.4. The van der Waals surface area contributed by atoms with Crippen LogP contribution in [0.25, 0.3) is 0 Å². The number of aryl methyl sites for hydroxylation is 1. The van der Waals surface area contributed by atoms with Crippen LogP contribution in [0.2, 0.25) is 0 Å². The van der Waals surface area contributed by atoms with Crippen molar-refractivity contribution in [3.63, 3.8) is 0 Å². The minimum absolute atomic E-state index is 0.0176. The summed E-state index contributed by atoms with van der Waals surface area (Å²) < 4.78 is 7.59. The van der Waals surface area contributed by atoms with E-state index in [0.29, 0.717) is 18.8 Å². The lowest BCUT2D eigenvalue weighted by atomic mass is 9.87. The summed E-state index contributed by atoms with van der Waals surface area (Å²) in [4.78, 5) is 16.3. The Kier molecular flexibility index (Phi) is 3.93. The van der Waals surface area contributed by atoms with Crippen LogP contribution >= 0.6 is 0 Å². The van der Waals surface area contributed by atoms with E-state index >= 15 is 0 Å². The Labute approximate surface area is 145 Å². The van der Waals surface area contributed by atoms with Gasteiger partial charge in [0.05, 0.1) is 5.69 Å². The number of ether oxygens (including phenoxy) is 1. The zero-order valence-corrected chi connectivity index (χ0v) is 13.8. The average molecular weight is 334 g/mol. The molecule has 1 amide bonds. The number of hydrogen-bond donors (Lipinski definition) is 1. The van der Waals surface area contributed by atoms with Gasteiger partial charge >= 0.3 is 0 Å². The molecule has 1 aliphatic heterocycles. The Balaban J connectivity index is 1.58. The van der Waals surface area contributed by atoms with Crippen LogP contribution in [0.5, 0.6) is 5.75 Å². The van der Waals surface area contributed by atoms with Gasteiger partial charge in [0.15, 0.2) is 5.82 Å². The largest absolute Gasteiger partial charge is 0.487 e. The number of rotatable bonds is 4. The second-order valence-electron chi connectivity index (χ2n) is 6.09. The lowest BCUT2D eigenvalue weighted by Crippen LogP contribution is -2.23. The van der Waals surface area contributed by atoms with E-state index in [2.05, 4.69) is 15.4 Å². The van der Waals surface area contributed by atoms with Crippen LogP contribution in [0.4, 0.5) is 5.82 Å². The predicted molar refractivity (Wildman–Crippen MR) is 93.3 cm³/mol. The molecule has 0 bridgehead atoms. The van der Waals surface area contributed by atoms with Gasteiger partial charge in [0.2, 0.25) is 5.91 Å². The average Bonchev–Trinajstić information content (AvgIpc) is 3.00. The second-order valence-corrected chi connectivity index (χ2v) is 6.09. The Morgan fingerprint density at radius 1 is 1.28 bits per heavy atom. The number of nitrogens with one attached hydrogen (secondary N) is 1. The van der Waals surface area contributed by atoms with Crippen molar-refractivity contribution in [2.24, 2.45) is 7.05 Å². The van der Waals surface area contributed by atoms with Gasteiger partial charge in [-0.2, -0.15) is 5.10 Å². The summed E-state index contributed by atoms with van der Waals surface area (Å²) >= 11 is 0. The highest BCUT2D eigenvalue weighted by Gasteiger charge is 2.29. The van der Waals surface area contributed by atoms with Crippen LogP contribution in [0.15, 0.2) is 54.9 Å². The molecule has 0 spiro atoms. The molecule has 1 unspecified atom stereocenters. The number of pyridine rings is 1. The standard InChI is InChI=1S/C19H18N4O2/c1-23-11-17-16(10-18(24)21-19(17)22-23)13-5-4-7-15(9-13)25-12-14-6-2-3-8-20-14/h2-9,11,16H,10,12H2,1H3,(H,21,22,24). The number of benzene rings is 1. The van der Waals surface area contributed by atoms with Gasteiger partial charge in [0.25, 0.3) is 0 Å². The van der Waals surface area contributed by atoms with Crippen molar-refractivity contribution in [2.75, 3.05) is 5.32 Å². The Bertz CT molecular complexity index is 905. The minimum Gasteiger partial charge on any atom is -0.487 e. The van der Waals surface area contributed by atoms with E-state index in [0.717, 1.165) is 22.6 Å². The first-order valence-electron chi connectivity index (χ1n) is 8.15. The lowest BCUT2D eigenvalue weighted by molar-refractivity contribution is -0.116. The molecule has 126 valence electrons. The molecular formula is C19H18N4O2. The van der Waals surface area contributed by atoms with Crippen LogP contribution in [0, 0.1) is 0 Å². The number of nitrogens with zero attached hydrogens (tertiary/aromatic N) is 3. The number of anilines is 1. The van der Waals surface area contributed by atoms with Crippen LogP contribution < -0.4 is 10.1 Å². The fraction of sp³-hybridized carbons (Fsp3) is 0.211. The number of fused-ring (bicyclic) bond motifs is 1. The molecule has 6 nitrogen and oxygen atoms in total. The molecule has 0 radical (unpaired) electrons. The summed E-state index contributed by atoms with van der Waals surface area (Å²) in [7, 11) is 1.86. The molecule has 3 aromatic rings. The highest BCUT2D eigenvalue weighted by atomic mass is 16.5. The van der Waals surface area contributed by atoms with Gasteiger partial charge in [-0.05, 0) is 29.8 Å². The number of hydrogen-bond acceptors (Lipinski definition) is 4. The van der Waals surface area contributed by atoms with Crippen molar-refractivity contribution < 1.29 is 9.53 Å². The van der Waals surface area contributed by atoms with Crippen molar-refractivity contribution in [1.29, 1.82) is 0 Å². The monoisotopic (exact) mass is 334 g/mol. The van der Waals surface area contributed by atoms with Gasteiger partial charge in [-0.25, -0.2) is 0 Å². The molecule has 0 saturated carbocycles. The molecule has 1 N–H and O–H groups in total. The van der Waals surface area contributed by atoms with Gasteiger partial charge in [0.1, 0.15) is 12.4 Å². The first-order valence-corrected chi connectivity index (χ1v) is 8.15. The molecule has 1 atom stereocenters. The fourth-order valence-corrected chi connectivity index (χ4v) is 3.10. The van der Waals surface area contributed by atoms with Crippen LogP contribution in [0.1, 0.15) is 29.2 Å². The summed E-state index contributed by atoms with van der Waals surface area (Å²) in [6, 6.07) is 13.6. The third kappa shape index (κ3) is 3.24. The summed E-state index contributed by atoms with van der Waals surface area (Å²) in [6.07, 6.45) is 4.11. The quantitative estimate of drug-likeness (QED) is 0.796. The van der Waals surface area contributed by atoms with E-state index in [-0.39, 0.29) is 11.8 Å². The van der Waals surface area contributed by atoms with Crippen molar-refractivity contribution in [1.82, 2.24) is 14.8 Å². The van der Waals surface area contributed by atoms with E-state index in [1.165, 1.54) is 0 Å². The molecule has 0 saturated heterocycles. The van der Waals surface area contributed by atoms with Crippen molar-refractivity contribution in [3.05, 3.63) is 71.7 Å². The maximum atomic E-state index is 12.0. The normalized spacial score (nSPS) is 16.2. The maximum absolute atomic E-state index is 12.0. The number of carbonyl (C=O) groups is 1. The second kappa shape index (κ2) is 6.39. The van der Waals surface area contributed by atoms with Crippen molar-refractivity contribution in [3.8, 4) is 5.75 Å². The van der Waals surface area contributed by atoms with E-state index < -0.39 is 0 Å². The highest BCUT2D eigenvalue weighted by Crippen LogP contribution is 2.37. The maximum Gasteiger partial charge on any atom is 0.226 e. The molecule has 4 rings (SSSR count). The van der Waals surface area contributed by atoms with Gasteiger partial charge in [0, 0.05) is 37.3 Å². The van der Waals surface area contributed by atoms with E-state index in [9.17, 15) is 4.79 Å². The Morgan fingerprint density at radius 3 is 3.04 bits per heavy atom. The fourth-order valence-electron chi connectivity index (χ4n) is 3.10. The molecule has 1 aliphatic rings. The summed E-state index contributed by atoms with van der Waals surface area (Å²) in [6.45, 7) is 0.410. The smallest absolute Gasteiger partial charge is 0.226 e. The number of carbonyl (C=O) groups excluding carboxylic acids is 1. The zero-order chi connectivity index (χ0) is 17.2. The van der Waals surface area contributed by atoms with E-state index in [1.54, 1.807) is 10.9 Å². The van der Waals surface area contributed by atoms with E-state index in [4.69, 9.17) is 4.74 Å². The lowest BCUT2D eigenvalue weighted by Gasteiger charge is -2.22. The molecule has 3 heterocycles. The number of amides is 1. The van der Waals surface area contributed by atoms with Gasteiger partial charge < -0.3 is 10.1 Å². The van der Waals surface area contributed by atoms with Crippen LogP contribution in [-0.2, 0) is 18.4 Å². The molecule has 6 heteroatoms. The minimum atomic E-state index is -0.0177. The molecular weight excluding hydrogens is 316 g/mol. The third-order valence-electron chi connectivity index (χ3n) is 4.25. The van der Waals surface area contributed by atoms with Crippen LogP contribution in [0.3, 0.4) is 0 Å². The van der Waals surface area contributed by atoms with E-state index in [1.807, 2.05) is 55.7 Å². The molecule has 2 aromatic heterocycles. The van der Waals surface area contributed by atoms with Crippen LogP contribution in [-0.4, -0.2) is 20.7 Å². The summed E-state index contributed by atoms with van der Waals surface area (Å²) in [5, 5.41) is 7.15. The van der Waals surface area contributed by atoms with Gasteiger partial charge in [-0.1, -0.05) is 18.2 Å². The molecule has 25 heavy (non-hydrogen) atoms. The molecule has 0 fully saturated rings. The topological polar surface area (TPSA) is 69.0 Å². The molecule has 0 aliphatic carbocycles. The molecule has 1 aromatic carbocycles. The van der Waals surface area contributed by atoms with Crippen molar-refractivity contribution >= 4 is 11.7 Å². The Hall–Kier alpha value is -3.15. The SMILES string of the molecule is Cn1cc2c(n1)NC(=O)CC2c1cccc(OCc2ccccn2)c1. The summed E-state index contributed by atoms with van der Waals surface area (Å²) in [5.74, 6) is 1.37. The highest BCUT2D eigenvalue weighted by molar-refractivity contribution is 5.94. The third-order valence-corrected chi connectivity index (χ3v) is 4.25. The van der Waals surface area contributed by atoms with Gasteiger partial charge in [-0.3, -0.25) is 14.5 Å². The van der Waals surface area contributed by atoms with Crippen molar-refractivity contribution in [2.45, 2.75) is 18.9 Å². The van der Waals surface area contributed by atoms with Gasteiger partial charge in [-0.15, -0.1) is 0 Å². The zero-order valence-electron chi connectivity index (χ0n) is 13.8. The summed E-state index contributed by atoms with van der Waals surface area (Å²) in [5.41, 5.74) is 2.95.